The summed E-state index contributed by atoms with van der Waals surface area (Å²) >= 11 is 0. The highest BCUT2D eigenvalue weighted by molar-refractivity contribution is 5.44. The zero-order valence-electron chi connectivity index (χ0n) is 10.5. The molecule has 0 fully saturated rings. The van der Waals surface area contributed by atoms with Crippen molar-refractivity contribution in [2.45, 2.75) is 19.8 Å². The number of benzene rings is 2. The Hall–Kier alpha value is -1.76. The van der Waals surface area contributed by atoms with Crippen LogP contribution in [-0.4, -0.2) is 6.54 Å². The Labute approximate surface area is 103 Å². The monoisotopic (exact) mass is 225 g/mol. The molecule has 0 heterocycles. The first kappa shape index (κ1) is 11.7. The average molecular weight is 225 g/mol. The minimum absolute atomic E-state index is 0.525. The van der Waals surface area contributed by atoms with E-state index in [1.807, 2.05) is 0 Å². The molecule has 0 spiro atoms. The van der Waals surface area contributed by atoms with E-state index in [0.717, 1.165) is 6.54 Å². The summed E-state index contributed by atoms with van der Waals surface area (Å²) in [6, 6.07) is 19.1. The first-order chi connectivity index (χ1) is 8.25. The van der Waals surface area contributed by atoms with Gasteiger partial charge in [0.05, 0.1) is 0 Å². The molecule has 1 atom stereocenters. The van der Waals surface area contributed by atoms with Crippen LogP contribution in [0.1, 0.15) is 24.0 Å². The van der Waals surface area contributed by atoms with Crippen molar-refractivity contribution in [3.63, 3.8) is 0 Å². The van der Waals surface area contributed by atoms with Gasteiger partial charge in [0, 0.05) is 12.2 Å². The van der Waals surface area contributed by atoms with Crippen molar-refractivity contribution in [2.24, 2.45) is 0 Å². The smallest absolute Gasteiger partial charge is 0.0340 e. The topological polar surface area (TPSA) is 12.0 Å². The third kappa shape index (κ3) is 3.35. The van der Waals surface area contributed by atoms with Gasteiger partial charge in [-0.25, -0.2) is 0 Å². The second kappa shape index (κ2) is 5.53. The molecule has 0 aromatic heterocycles. The molecule has 0 aliphatic heterocycles. The first-order valence-electron chi connectivity index (χ1n) is 6.11. The van der Waals surface area contributed by atoms with Crippen molar-refractivity contribution < 1.29 is 0 Å². The highest BCUT2D eigenvalue weighted by atomic mass is 14.9. The van der Waals surface area contributed by atoms with Crippen LogP contribution in [0.3, 0.4) is 0 Å². The van der Waals surface area contributed by atoms with E-state index < -0.39 is 0 Å². The second-order valence-electron chi connectivity index (χ2n) is 4.56. The molecule has 2 rings (SSSR count). The van der Waals surface area contributed by atoms with E-state index in [0.29, 0.717) is 5.92 Å². The van der Waals surface area contributed by atoms with Crippen molar-refractivity contribution >= 4 is 5.69 Å². The maximum absolute atomic E-state index is 3.47. The molecule has 1 heteroatoms. The predicted molar refractivity (Wildman–Crippen MR) is 74.5 cm³/mol. The Balaban J connectivity index is 1.92. The van der Waals surface area contributed by atoms with E-state index in [4.69, 9.17) is 0 Å². The fourth-order valence-corrected chi connectivity index (χ4v) is 1.84. The number of hydrogen-bond donors (Lipinski definition) is 1. The minimum atomic E-state index is 0.525. The third-order valence-corrected chi connectivity index (χ3v) is 3.03. The summed E-state index contributed by atoms with van der Waals surface area (Å²) in [7, 11) is 0. The maximum atomic E-state index is 3.47. The Morgan fingerprint density at radius 2 is 1.59 bits per heavy atom. The van der Waals surface area contributed by atoms with Crippen molar-refractivity contribution in [2.75, 3.05) is 11.9 Å². The maximum Gasteiger partial charge on any atom is 0.0340 e. The van der Waals surface area contributed by atoms with E-state index in [-0.39, 0.29) is 0 Å². The van der Waals surface area contributed by atoms with Gasteiger partial charge in [-0.15, -0.1) is 0 Å². The Bertz CT molecular complexity index is 445. The van der Waals surface area contributed by atoms with Crippen molar-refractivity contribution in [1.29, 1.82) is 0 Å². The van der Waals surface area contributed by atoms with Crippen molar-refractivity contribution in [1.82, 2.24) is 0 Å². The quantitative estimate of drug-likeness (QED) is 0.821. The van der Waals surface area contributed by atoms with Crippen LogP contribution >= 0.6 is 0 Å². The van der Waals surface area contributed by atoms with Crippen LogP contribution in [-0.2, 0) is 0 Å². The lowest BCUT2D eigenvalue weighted by atomic mass is 10.0. The lowest BCUT2D eigenvalue weighted by Gasteiger charge is -2.14. The largest absolute Gasteiger partial charge is 0.384 e. The lowest BCUT2D eigenvalue weighted by molar-refractivity contribution is 0.805. The summed E-state index contributed by atoms with van der Waals surface area (Å²) in [5.74, 6) is 0.525. The van der Waals surface area contributed by atoms with Crippen LogP contribution in [0.5, 0.6) is 0 Å². The van der Waals surface area contributed by atoms with E-state index in [1.54, 1.807) is 0 Å². The zero-order valence-corrected chi connectivity index (χ0v) is 10.5. The van der Waals surface area contributed by atoms with Crippen LogP contribution < -0.4 is 5.32 Å². The molecular formula is C16H19N. The van der Waals surface area contributed by atoms with Crippen LogP contribution in [0.4, 0.5) is 5.69 Å². The molecule has 1 N–H and O–H groups in total. The lowest BCUT2D eigenvalue weighted by Crippen LogP contribution is -2.09. The minimum Gasteiger partial charge on any atom is -0.384 e. The zero-order chi connectivity index (χ0) is 12.1. The third-order valence-electron chi connectivity index (χ3n) is 3.03. The molecule has 2 aromatic carbocycles. The molecular weight excluding hydrogens is 206 g/mol. The summed E-state index contributed by atoms with van der Waals surface area (Å²) in [4.78, 5) is 0. The number of hydrogen-bond acceptors (Lipinski definition) is 1. The van der Waals surface area contributed by atoms with Crippen molar-refractivity contribution in [3.8, 4) is 0 Å². The molecule has 2 aromatic rings. The van der Waals surface area contributed by atoms with Crippen molar-refractivity contribution in [3.05, 3.63) is 65.7 Å². The van der Waals surface area contributed by atoms with Crippen LogP contribution in [0.2, 0.25) is 0 Å². The fraction of sp³-hybridized carbons (Fsp3) is 0.250. The van der Waals surface area contributed by atoms with Crippen LogP contribution in [0, 0.1) is 6.92 Å². The van der Waals surface area contributed by atoms with Gasteiger partial charge < -0.3 is 5.32 Å². The number of anilines is 1. The standard InChI is InChI=1S/C16H19N/c1-13-8-10-16(11-9-13)17-12-14(2)15-6-4-3-5-7-15/h3-11,14,17H,12H2,1-2H3. The van der Waals surface area contributed by atoms with Gasteiger partial charge in [0.15, 0.2) is 0 Å². The normalized spacial score (nSPS) is 12.1. The highest BCUT2D eigenvalue weighted by Crippen LogP contribution is 2.16. The van der Waals surface area contributed by atoms with Gasteiger partial charge in [0.1, 0.15) is 0 Å². The second-order valence-corrected chi connectivity index (χ2v) is 4.56. The molecule has 0 aliphatic rings. The number of aryl methyl sites for hydroxylation is 1. The molecule has 0 amide bonds. The molecule has 0 saturated heterocycles. The molecule has 1 unspecified atom stereocenters. The van der Waals surface area contributed by atoms with Gasteiger partial charge in [-0.05, 0) is 30.5 Å². The average Bonchev–Trinajstić information content (AvgIpc) is 2.39. The summed E-state index contributed by atoms with van der Waals surface area (Å²) in [6.45, 7) is 5.32. The van der Waals surface area contributed by atoms with Crippen LogP contribution in [0.25, 0.3) is 0 Å². The molecule has 0 aliphatic carbocycles. The van der Waals surface area contributed by atoms with E-state index >= 15 is 0 Å². The molecule has 0 saturated carbocycles. The summed E-state index contributed by atoms with van der Waals surface area (Å²) in [6.07, 6.45) is 0. The van der Waals surface area contributed by atoms with Gasteiger partial charge in [-0.2, -0.15) is 0 Å². The summed E-state index contributed by atoms with van der Waals surface area (Å²) in [5, 5.41) is 3.47. The Morgan fingerprint density at radius 3 is 2.24 bits per heavy atom. The van der Waals surface area contributed by atoms with E-state index in [9.17, 15) is 0 Å². The Morgan fingerprint density at radius 1 is 0.941 bits per heavy atom. The summed E-state index contributed by atoms with van der Waals surface area (Å²) < 4.78 is 0. The fourth-order valence-electron chi connectivity index (χ4n) is 1.84. The summed E-state index contributed by atoms with van der Waals surface area (Å²) in [5.41, 5.74) is 3.87. The van der Waals surface area contributed by atoms with Gasteiger partial charge in [-0.1, -0.05) is 55.0 Å². The predicted octanol–water partition coefficient (Wildman–Crippen LogP) is 4.21. The number of nitrogens with one attached hydrogen (secondary N) is 1. The SMILES string of the molecule is Cc1ccc(NCC(C)c2ccccc2)cc1. The van der Waals surface area contributed by atoms with Crippen LogP contribution in [0.15, 0.2) is 54.6 Å². The molecule has 88 valence electrons. The van der Waals surface area contributed by atoms with E-state index in [1.165, 1.54) is 16.8 Å². The Kier molecular flexibility index (Phi) is 3.81. The van der Waals surface area contributed by atoms with Gasteiger partial charge >= 0.3 is 0 Å². The molecule has 1 nitrogen and oxygen atoms in total. The number of rotatable bonds is 4. The molecule has 0 bridgehead atoms. The van der Waals surface area contributed by atoms with Gasteiger partial charge in [-0.3, -0.25) is 0 Å². The molecule has 0 radical (unpaired) electrons. The van der Waals surface area contributed by atoms with Gasteiger partial charge in [0.25, 0.3) is 0 Å². The van der Waals surface area contributed by atoms with E-state index in [2.05, 4.69) is 73.8 Å². The highest BCUT2D eigenvalue weighted by Gasteiger charge is 2.03. The molecule has 17 heavy (non-hydrogen) atoms. The first-order valence-corrected chi connectivity index (χ1v) is 6.11. The van der Waals surface area contributed by atoms with Gasteiger partial charge in [0.2, 0.25) is 0 Å².